The van der Waals surface area contributed by atoms with Crippen molar-refractivity contribution in [3.05, 3.63) is 71.9 Å². The average molecular weight is 379 g/mol. The Morgan fingerprint density at radius 2 is 1.68 bits per heavy atom. The van der Waals surface area contributed by atoms with Gasteiger partial charge >= 0.3 is 0 Å². The molecule has 0 radical (unpaired) electrons. The smallest absolute Gasteiger partial charge is 0.257 e. The monoisotopic (exact) mass is 379 g/mol. The van der Waals surface area contributed by atoms with Crippen LogP contribution in [0.25, 0.3) is 0 Å². The molecule has 1 aliphatic heterocycles. The number of nitrogens with zero attached hydrogens (tertiary/aromatic N) is 1. The number of carbonyl (C=O) groups is 2. The summed E-state index contributed by atoms with van der Waals surface area (Å²) in [5.41, 5.74) is 5.71. The van der Waals surface area contributed by atoms with Crippen LogP contribution in [0.4, 0.5) is 5.69 Å². The van der Waals surface area contributed by atoms with Crippen LogP contribution >= 0.6 is 0 Å². The predicted molar refractivity (Wildman–Crippen MR) is 109 cm³/mol. The molecule has 0 saturated carbocycles. The van der Waals surface area contributed by atoms with Gasteiger partial charge in [-0.25, -0.2) is 0 Å². The Labute approximate surface area is 165 Å². The zero-order chi connectivity index (χ0) is 20.5. The highest BCUT2D eigenvalue weighted by Crippen LogP contribution is 2.42. The third-order valence-electron chi connectivity index (χ3n) is 4.59. The van der Waals surface area contributed by atoms with Crippen molar-refractivity contribution < 1.29 is 14.3 Å². The number of hydrogen-bond donors (Lipinski definition) is 2. The van der Waals surface area contributed by atoms with Gasteiger partial charge in [-0.2, -0.15) is 0 Å². The van der Waals surface area contributed by atoms with Crippen molar-refractivity contribution in [1.29, 1.82) is 0 Å². The average Bonchev–Trinajstić information content (AvgIpc) is 2.92. The number of methoxy groups -OCH3 is 1. The molecule has 1 aliphatic rings. The highest BCUT2D eigenvalue weighted by molar-refractivity contribution is 6.15. The molecule has 6 nitrogen and oxygen atoms in total. The summed E-state index contributed by atoms with van der Waals surface area (Å²) in [5, 5.41) is 2.99. The fourth-order valence-electron chi connectivity index (χ4n) is 3.42. The van der Waals surface area contributed by atoms with E-state index in [1.54, 1.807) is 43.5 Å². The lowest BCUT2D eigenvalue weighted by Gasteiger charge is -2.40. The number of anilines is 1. The molecule has 2 aromatic carbocycles. The van der Waals surface area contributed by atoms with Crippen molar-refractivity contribution in [3.63, 3.8) is 0 Å². The number of benzene rings is 2. The van der Waals surface area contributed by atoms with Crippen LogP contribution in [-0.2, 0) is 15.1 Å². The Balaban J connectivity index is 2.25. The van der Waals surface area contributed by atoms with Gasteiger partial charge in [0.1, 0.15) is 5.75 Å². The first-order valence-electron chi connectivity index (χ1n) is 9.04. The Morgan fingerprint density at radius 1 is 1.07 bits per heavy atom. The van der Waals surface area contributed by atoms with Crippen molar-refractivity contribution in [2.75, 3.05) is 12.0 Å². The standard InChI is InChI=1S/C22H25N3O3/c1-21(2,3)24-20(27)22(15-10-12-17(28-4)13-11-15)18(23)14-19(26)25(22)16-8-6-5-7-9-16/h5-14H,23H2,1-4H3,(H,24,27). The largest absolute Gasteiger partial charge is 0.497 e. The maximum Gasteiger partial charge on any atom is 0.257 e. The van der Waals surface area contributed by atoms with E-state index in [0.29, 0.717) is 17.0 Å². The molecule has 0 spiro atoms. The van der Waals surface area contributed by atoms with Gasteiger partial charge in [-0.1, -0.05) is 30.3 Å². The molecule has 1 heterocycles. The topological polar surface area (TPSA) is 84.7 Å². The van der Waals surface area contributed by atoms with Gasteiger partial charge in [0, 0.05) is 17.3 Å². The molecular formula is C22H25N3O3. The molecule has 2 amide bonds. The first-order valence-corrected chi connectivity index (χ1v) is 9.04. The Hall–Kier alpha value is -3.28. The maximum absolute atomic E-state index is 13.6. The minimum atomic E-state index is -1.49. The molecule has 0 aliphatic carbocycles. The highest BCUT2D eigenvalue weighted by Gasteiger charge is 2.55. The Morgan fingerprint density at radius 3 is 2.21 bits per heavy atom. The van der Waals surface area contributed by atoms with Gasteiger partial charge in [0.05, 0.1) is 12.8 Å². The molecule has 3 rings (SSSR count). The van der Waals surface area contributed by atoms with E-state index < -0.39 is 11.1 Å². The summed E-state index contributed by atoms with van der Waals surface area (Å²) in [6, 6.07) is 16.1. The number of amides is 2. The summed E-state index contributed by atoms with van der Waals surface area (Å²) < 4.78 is 5.24. The maximum atomic E-state index is 13.6. The quantitative estimate of drug-likeness (QED) is 0.855. The number of nitrogens with one attached hydrogen (secondary N) is 1. The summed E-state index contributed by atoms with van der Waals surface area (Å²) in [6.07, 6.45) is 1.32. The van der Waals surface area contributed by atoms with Gasteiger partial charge in [-0.15, -0.1) is 0 Å². The van der Waals surface area contributed by atoms with E-state index >= 15 is 0 Å². The second kappa shape index (κ2) is 7.03. The molecule has 0 fully saturated rings. The van der Waals surface area contributed by atoms with Crippen molar-refractivity contribution in [3.8, 4) is 5.75 Å². The van der Waals surface area contributed by atoms with E-state index in [2.05, 4.69) is 5.32 Å². The predicted octanol–water partition coefficient (Wildman–Crippen LogP) is 2.69. The van der Waals surface area contributed by atoms with Gasteiger partial charge in [-0.05, 0) is 50.6 Å². The van der Waals surface area contributed by atoms with Gasteiger partial charge in [0.15, 0.2) is 5.54 Å². The molecule has 6 heteroatoms. The lowest BCUT2D eigenvalue weighted by molar-refractivity contribution is -0.128. The molecular weight excluding hydrogens is 354 g/mol. The molecule has 1 unspecified atom stereocenters. The van der Waals surface area contributed by atoms with Crippen LogP contribution in [0.1, 0.15) is 26.3 Å². The summed E-state index contributed by atoms with van der Waals surface area (Å²) >= 11 is 0. The number of rotatable bonds is 4. The number of para-hydroxylation sites is 1. The van der Waals surface area contributed by atoms with Crippen LogP contribution in [0.15, 0.2) is 66.4 Å². The summed E-state index contributed by atoms with van der Waals surface area (Å²) in [4.78, 5) is 28.0. The van der Waals surface area contributed by atoms with Crippen LogP contribution in [0.3, 0.4) is 0 Å². The second-order valence-corrected chi connectivity index (χ2v) is 7.75. The van der Waals surface area contributed by atoms with E-state index in [0.717, 1.165) is 0 Å². The van der Waals surface area contributed by atoms with Crippen LogP contribution in [0.5, 0.6) is 5.75 Å². The first-order chi connectivity index (χ1) is 13.2. The van der Waals surface area contributed by atoms with Crippen LogP contribution in [0.2, 0.25) is 0 Å². The zero-order valence-corrected chi connectivity index (χ0v) is 16.5. The van der Waals surface area contributed by atoms with Crippen LogP contribution < -0.4 is 20.7 Å². The third kappa shape index (κ3) is 3.22. The van der Waals surface area contributed by atoms with Crippen LogP contribution in [-0.4, -0.2) is 24.5 Å². The molecule has 1 atom stereocenters. The fraction of sp³-hybridized carbons (Fsp3) is 0.273. The SMILES string of the molecule is COc1ccc(C2(C(=O)NC(C)(C)C)C(N)=CC(=O)N2c2ccccc2)cc1. The van der Waals surface area contributed by atoms with E-state index in [9.17, 15) is 9.59 Å². The zero-order valence-electron chi connectivity index (χ0n) is 16.5. The lowest BCUT2D eigenvalue weighted by atomic mass is 9.84. The lowest BCUT2D eigenvalue weighted by Crippen LogP contribution is -2.60. The Kier molecular flexibility index (Phi) is 4.89. The van der Waals surface area contributed by atoms with Crippen molar-refractivity contribution in [2.45, 2.75) is 31.8 Å². The second-order valence-electron chi connectivity index (χ2n) is 7.75. The molecule has 146 valence electrons. The third-order valence-corrected chi connectivity index (χ3v) is 4.59. The van der Waals surface area contributed by atoms with Gasteiger partial charge in [0.2, 0.25) is 0 Å². The van der Waals surface area contributed by atoms with E-state index in [1.165, 1.54) is 11.0 Å². The molecule has 28 heavy (non-hydrogen) atoms. The summed E-state index contributed by atoms with van der Waals surface area (Å²) in [5.74, 6) is -0.0644. The van der Waals surface area contributed by atoms with Crippen molar-refractivity contribution in [2.24, 2.45) is 5.73 Å². The van der Waals surface area contributed by atoms with Crippen LogP contribution in [0, 0.1) is 0 Å². The van der Waals surface area contributed by atoms with E-state index in [4.69, 9.17) is 10.5 Å². The summed E-state index contributed by atoms with van der Waals surface area (Å²) in [7, 11) is 1.57. The van der Waals surface area contributed by atoms with Gasteiger partial charge < -0.3 is 15.8 Å². The van der Waals surface area contributed by atoms with Gasteiger partial charge in [-0.3, -0.25) is 14.5 Å². The molecule has 2 aromatic rings. The molecule has 0 bridgehead atoms. The van der Waals surface area contributed by atoms with Crippen molar-refractivity contribution in [1.82, 2.24) is 5.32 Å². The first kappa shape index (κ1) is 19.5. The van der Waals surface area contributed by atoms with E-state index in [-0.39, 0.29) is 17.5 Å². The molecule has 3 N–H and O–H groups in total. The van der Waals surface area contributed by atoms with Gasteiger partial charge in [0.25, 0.3) is 11.8 Å². The van der Waals surface area contributed by atoms with Crippen molar-refractivity contribution >= 4 is 17.5 Å². The number of nitrogens with two attached hydrogens (primary N) is 1. The highest BCUT2D eigenvalue weighted by atomic mass is 16.5. The normalized spacial score (nSPS) is 19.4. The number of ether oxygens (including phenoxy) is 1. The minimum absolute atomic E-state index is 0.174. The number of carbonyl (C=O) groups excluding carboxylic acids is 2. The fourth-order valence-corrected chi connectivity index (χ4v) is 3.42. The minimum Gasteiger partial charge on any atom is -0.497 e. The molecule has 0 aromatic heterocycles. The van der Waals surface area contributed by atoms with E-state index in [1.807, 2.05) is 39.0 Å². The Bertz CT molecular complexity index is 914. The molecule has 0 saturated heterocycles. The number of hydrogen-bond acceptors (Lipinski definition) is 4. The summed E-state index contributed by atoms with van der Waals surface area (Å²) in [6.45, 7) is 5.66.